The monoisotopic (exact) mass is 167 g/mol. The van der Waals surface area contributed by atoms with Crippen molar-refractivity contribution in [1.29, 1.82) is 0 Å². The number of aromatic nitrogens is 1. The Morgan fingerprint density at radius 3 is 2.67 bits per heavy atom. The molecule has 0 atom stereocenters. The van der Waals surface area contributed by atoms with Crippen LogP contribution in [-0.4, -0.2) is 27.8 Å². The molecule has 0 spiro atoms. The number of carbonyl (C=O) groups is 1. The van der Waals surface area contributed by atoms with E-state index in [0.717, 1.165) is 5.56 Å². The lowest BCUT2D eigenvalue weighted by atomic mass is 10.2. The summed E-state index contributed by atoms with van der Waals surface area (Å²) in [5.74, 6) is -1.04. The van der Waals surface area contributed by atoms with E-state index in [-0.39, 0.29) is 12.3 Å². The summed E-state index contributed by atoms with van der Waals surface area (Å²) >= 11 is 0. The van der Waals surface area contributed by atoms with Gasteiger partial charge in [0.05, 0.1) is 0 Å². The van der Waals surface area contributed by atoms with Crippen molar-refractivity contribution in [2.45, 2.75) is 6.42 Å². The van der Waals surface area contributed by atoms with E-state index < -0.39 is 5.97 Å². The molecule has 12 heavy (non-hydrogen) atoms. The first-order chi connectivity index (χ1) is 5.74. The molecule has 1 aromatic heterocycles. The fraction of sp³-hybridized carbons (Fsp3) is 0.250. The average molecular weight is 167 g/mol. The Bertz CT molecular complexity index is 268. The van der Waals surface area contributed by atoms with Gasteiger partial charge in [-0.25, -0.2) is 9.78 Å². The number of nitrogens with zero attached hydrogens (tertiary/aromatic N) is 1. The van der Waals surface area contributed by atoms with Crippen LogP contribution in [0.4, 0.5) is 0 Å². The van der Waals surface area contributed by atoms with Crippen LogP contribution in [0.1, 0.15) is 16.1 Å². The Labute approximate surface area is 69.5 Å². The van der Waals surface area contributed by atoms with E-state index in [1.165, 1.54) is 12.3 Å². The van der Waals surface area contributed by atoms with Crippen molar-refractivity contribution in [3.63, 3.8) is 0 Å². The van der Waals surface area contributed by atoms with Crippen LogP contribution >= 0.6 is 0 Å². The minimum absolute atomic E-state index is 0.0247. The van der Waals surface area contributed by atoms with Crippen molar-refractivity contribution < 1.29 is 15.0 Å². The number of aliphatic hydroxyl groups is 1. The number of aromatic carboxylic acids is 1. The zero-order chi connectivity index (χ0) is 8.97. The van der Waals surface area contributed by atoms with Gasteiger partial charge in [0.15, 0.2) is 0 Å². The molecule has 0 aliphatic heterocycles. The number of carboxylic acid groups (broad SMARTS) is 1. The van der Waals surface area contributed by atoms with E-state index in [1.54, 1.807) is 6.07 Å². The highest BCUT2D eigenvalue weighted by atomic mass is 16.4. The molecule has 0 saturated heterocycles. The summed E-state index contributed by atoms with van der Waals surface area (Å²) in [7, 11) is 0. The SMILES string of the molecule is O=C(O)c1ccc(CCO)cn1. The van der Waals surface area contributed by atoms with E-state index >= 15 is 0 Å². The lowest BCUT2D eigenvalue weighted by Gasteiger charge is -1.97. The Morgan fingerprint density at radius 2 is 2.25 bits per heavy atom. The van der Waals surface area contributed by atoms with Gasteiger partial charge in [-0.2, -0.15) is 0 Å². The summed E-state index contributed by atoms with van der Waals surface area (Å²) in [6.07, 6.45) is 1.96. The molecule has 4 heteroatoms. The van der Waals surface area contributed by atoms with Gasteiger partial charge >= 0.3 is 5.97 Å². The third kappa shape index (κ3) is 2.03. The molecule has 0 aliphatic carbocycles. The van der Waals surface area contributed by atoms with Crippen molar-refractivity contribution in [3.8, 4) is 0 Å². The molecule has 0 aromatic carbocycles. The number of hydrogen-bond donors (Lipinski definition) is 2. The van der Waals surface area contributed by atoms with Gasteiger partial charge in [0, 0.05) is 12.8 Å². The quantitative estimate of drug-likeness (QED) is 0.679. The molecule has 1 rings (SSSR count). The summed E-state index contributed by atoms with van der Waals surface area (Å²) in [6, 6.07) is 3.07. The van der Waals surface area contributed by atoms with Crippen molar-refractivity contribution in [2.75, 3.05) is 6.61 Å². The van der Waals surface area contributed by atoms with Crippen LogP contribution in [0.5, 0.6) is 0 Å². The molecule has 0 amide bonds. The minimum atomic E-state index is -1.04. The van der Waals surface area contributed by atoms with Crippen LogP contribution in [0.3, 0.4) is 0 Å². The summed E-state index contributed by atoms with van der Waals surface area (Å²) in [5, 5.41) is 17.0. The molecule has 1 heterocycles. The lowest BCUT2D eigenvalue weighted by Crippen LogP contribution is -2.00. The first-order valence-electron chi connectivity index (χ1n) is 3.53. The van der Waals surface area contributed by atoms with Crippen LogP contribution in [0.2, 0.25) is 0 Å². The zero-order valence-corrected chi connectivity index (χ0v) is 6.40. The fourth-order valence-corrected chi connectivity index (χ4v) is 0.828. The van der Waals surface area contributed by atoms with E-state index in [1.807, 2.05) is 0 Å². The van der Waals surface area contributed by atoms with E-state index in [9.17, 15) is 4.79 Å². The Balaban J connectivity index is 2.78. The second kappa shape index (κ2) is 3.82. The standard InChI is InChI=1S/C8H9NO3/c10-4-3-6-1-2-7(8(11)12)9-5-6/h1-2,5,10H,3-4H2,(H,11,12). The lowest BCUT2D eigenvalue weighted by molar-refractivity contribution is 0.0690. The highest BCUT2D eigenvalue weighted by molar-refractivity contribution is 5.85. The average Bonchev–Trinajstić information content (AvgIpc) is 2.06. The van der Waals surface area contributed by atoms with Crippen molar-refractivity contribution in [2.24, 2.45) is 0 Å². The number of carboxylic acids is 1. The molecule has 0 fully saturated rings. The Hall–Kier alpha value is -1.42. The molecular formula is C8H9NO3. The van der Waals surface area contributed by atoms with Gasteiger partial charge in [-0.05, 0) is 18.1 Å². The smallest absolute Gasteiger partial charge is 0.354 e. The predicted molar refractivity (Wildman–Crippen MR) is 42.0 cm³/mol. The molecule has 0 radical (unpaired) electrons. The molecule has 4 nitrogen and oxygen atoms in total. The first kappa shape index (κ1) is 8.67. The number of hydrogen-bond acceptors (Lipinski definition) is 3. The number of rotatable bonds is 3. The van der Waals surface area contributed by atoms with Gasteiger partial charge in [0.2, 0.25) is 0 Å². The maximum atomic E-state index is 10.4. The zero-order valence-electron chi connectivity index (χ0n) is 6.40. The topological polar surface area (TPSA) is 70.4 Å². The maximum Gasteiger partial charge on any atom is 0.354 e. The van der Waals surface area contributed by atoms with Crippen LogP contribution in [0.25, 0.3) is 0 Å². The second-order valence-corrected chi connectivity index (χ2v) is 2.33. The van der Waals surface area contributed by atoms with Crippen LogP contribution < -0.4 is 0 Å². The summed E-state index contributed by atoms with van der Waals surface area (Å²) in [4.78, 5) is 14.0. The van der Waals surface area contributed by atoms with E-state index in [0.29, 0.717) is 6.42 Å². The molecule has 0 unspecified atom stereocenters. The molecule has 2 N–H and O–H groups in total. The predicted octanol–water partition coefficient (Wildman–Crippen LogP) is 0.315. The Morgan fingerprint density at radius 1 is 1.50 bits per heavy atom. The van der Waals surface area contributed by atoms with Gasteiger partial charge in [0.1, 0.15) is 5.69 Å². The Kier molecular flexibility index (Phi) is 2.76. The summed E-state index contributed by atoms with van der Waals surface area (Å²) in [6.45, 7) is 0.0497. The van der Waals surface area contributed by atoms with E-state index in [2.05, 4.69) is 4.98 Å². The van der Waals surface area contributed by atoms with Crippen LogP contribution in [-0.2, 0) is 6.42 Å². The van der Waals surface area contributed by atoms with Crippen molar-refractivity contribution >= 4 is 5.97 Å². The third-order valence-electron chi connectivity index (χ3n) is 1.44. The maximum absolute atomic E-state index is 10.4. The molecule has 1 aromatic rings. The first-order valence-corrected chi connectivity index (χ1v) is 3.53. The fourth-order valence-electron chi connectivity index (χ4n) is 0.828. The molecule has 64 valence electrons. The number of pyridine rings is 1. The highest BCUT2D eigenvalue weighted by Gasteiger charge is 2.02. The van der Waals surface area contributed by atoms with E-state index in [4.69, 9.17) is 10.2 Å². The van der Waals surface area contributed by atoms with Crippen molar-refractivity contribution in [1.82, 2.24) is 4.98 Å². The molecule has 0 bridgehead atoms. The van der Waals surface area contributed by atoms with Gasteiger partial charge in [-0.1, -0.05) is 6.07 Å². The van der Waals surface area contributed by atoms with Crippen LogP contribution in [0.15, 0.2) is 18.3 Å². The normalized spacial score (nSPS) is 9.75. The molecular weight excluding hydrogens is 158 g/mol. The highest BCUT2D eigenvalue weighted by Crippen LogP contribution is 2.00. The third-order valence-corrected chi connectivity index (χ3v) is 1.44. The molecule has 0 saturated carbocycles. The van der Waals surface area contributed by atoms with Gasteiger partial charge in [-0.3, -0.25) is 0 Å². The summed E-state index contributed by atoms with van der Waals surface area (Å²) in [5.41, 5.74) is 0.860. The largest absolute Gasteiger partial charge is 0.477 e. The molecule has 0 aliphatic rings. The van der Waals surface area contributed by atoms with Gasteiger partial charge in [-0.15, -0.1) is 0 Å². The van der Waals surface area contributed by atoms with Crippen LogP contribution in [0, 0.1) is 0 Å². The summed E-state index contributed by atoms with van der Waals surface area (Å²) < 4.78 is 0. The second-order valence-electron chi connectivity index (χ2n) is 2.33. The van der Waals surface area contributed by atoms with Crippen molar-refractivity contribution in [3.05, 3.63) is 29.6 Å². The van der Waals surface area contributed by atoms with Gasteiger partial charge < -0.3 is 10.2 Å². The van der Waals surface area contributed by atoms with Gasteiger partial charge in [0.25, 0.3) is 0 Å². The minimum Gasteiger partial charge on any atom is -0.477 e. The number of aliphatic hydroxyl groups excluding tert-OH is 1.